The lowest BCUT2D eigenvalue weighted by molar-refractivity contribution is -0.162. The average molecular weight is 424 g/mol. The predicted octanol–water partition coefficient (Wildman–Crippen LogP) is 2.46. The molecule has 0 radical (unpaired) electrons. The van der Waals surface area contributed by atoms with Crippen LogP contribution in [0.1, 0.15) is 41.5 Å². The highest BCUT2D eigenvalue weighted by molar-refractivity contribution is 6.00. The highest BCUT2D eigenvalue weighted by atomic mass is 16.6. The lowest BCUT2D eigenvalue weighted by Gasteiger charge is -2.32. The fourth-order valence-corrected chi connectivity index (χ4v) is 2.78. The quantitative estimate of drug-likeness (QED) is 0.718. The molecule has 2 atom stereocenters. The topological polar surface area (TPSA) is 101 Å². The lowest BCUT2D eigenvalue weighted by atomic mass is 10.2. The van der Waals surface area contributed by atoms with Crippen LogP contribution in [0.25, 0.3) is 0 Å². The number of hydrogen-bond donors (Lipinski definition) is 2. The molecule has 0 fully saturated rings. The Morgan fingerprint density at radius 1 is 1.27 bits per heavy atom. The Hall–Kier alpha value is -2.52. The minimum atomic E-state index is -1.17. The number of alkyl carbamates (subject to hydrolysis) is 1. The largest absolute Gasteiger partial charge is 0.489 e. The summed E-state index contributed by atoms with van der Waals surface area (Å²) in [6.45, 7) is 10.7. The van der Waals surface area contributed by atoms with Crippen LogP contribution in [0, 0.1) is 0 Å². The molecule has 2 rings (SSSR count). The summed E-state index contributed by atoms with van der Waals surface area (Å²) in [5.74, 6) is 0.147. The van der Waals surface area contributed by atoms with E-state index in [1.54, 1.807) is 58.0 Å². The minimum Gasteiger partial charge on any atom is -0.489 e. The molecule has 9 nitrogen and oxygen atoms in total. The van der Waals surface area contributed by atoms with Crippen molar-refractivity contribution in [2.75, 3.05) is 30.5 Å². The SMILES string of the molecule is CN1C(=O)C(NC(=O)OC(C)(C)C)COc2ccc(N(C)C(O)OC(C)(C)C)cc21. The second kappa shape index (κ2) is 8.69. The van der Waals surface area contributed by atoms with Gasteiger partial charge >= 0.3 is 6.09 Å². The number of likely N-dealkylation sites (N-methyl/N-ethyl adjacent to an activating group) is 1. The van der Waals surface area contributed by atoms with Gasteiger partial charge in [-0.05, 0) is 59.7 Å². The lowest BCUT2D eigenvalue weighted by Crippen LogP contribution is -2.50. The zero-order chi connectivity index (χ0) is 22.9. The number of nitrogens with one attached hydrogen (secondary N) is 1. The fraction of sp³-hybridized carbons (Fsp3) is 0.619. The van der Waals surface area contributed by atoms with Crippen LogP contribution in [0.15, 0.2) is 18.2 Å². The molecule has 0 saturated heterocycles. The second-order valence-electron chi connectivity index (χ2n) is 9.23. The van der Waals surface area contributed by atoms with E-state index in [-0.39, 0.29) is 12.5 Å². The maximum absolute atomic E-state index is 12.9. The van der Waals surface area contributed by atoms with E-state index in [2.05, 4.69) is 5.32 Å². The smallest absolute Gasteiger partial charge is 0.408 e. The molecule has 1 heterocycles. The zero-order valence-electron chi connectivity index (χ0n) is 19.0. The molecule has 0 spiro atoms. The molecule has 2 unspecified atom stereocenters. The number of hydrogen-bond acceptors (Lipinski definition) is 7. The monoisotopic (exact) mass is 423 g/mol. The van der Waals surface area contributed by atoms with Crippen LogP contribution in [0.5, 0.6) is 5.75 Å². The third kappa shape index (κ3) is 6.24. The Morgan fingerprint density at radius 2 is 1.90 bits per heavy atom. The van der Waals surface area contributed by atoms with Crippen molar-refractivity contribution >= 4 is 23.4 Å². The first-order chi connectivity index (χ1) is 13.7. The minimum absolute atomic E-state index is 0.0274. The number of ether oxygens (including phenoxy) is 3. The molecule has 2 amide bonds. The standard InChI is InChI=1S/C21H33N3O6/c1-20(2,3)29-18(26)22-14-12-28-16-10-9-13(11-15(16)24(8)17(14)25)23(7)19(27)30-21(4,5)6/h9-11,14,19,27H,12H2,1-8H3,(H,22,26). The fourth-order valence-electron chi connectivity index (χ4n) is 2.78. The number of aliphatic hydroxyl groups excluding tert-OH is 1. The van der Waals surface area contributed by atoms with Gasteiger partial charge in [-0.2, -0.15) is 0 Å². The maximum Gasteiger partial charge on any atom is 0.408 e. The number of aliphatic hydroxyl groups is 1. The molecular weight excluding hydrogens is 390 g/mol. The first kappa shape index (κ1) is 23.8. The normalized spacial score (nSPS) is 18.1. The van der Waals surface area contributed by atoms with Crippen molar-refractivity contribution in [1.29, 1.82) is 0 Å². The van der Waals surface area contributed by atoms with E-state index < -0.39 is 29.8 Å². The Morgan fingerprint density at radius 3 is 2.47 bits per heavy atom. The van der Waals surface area contributed by atoms with Crippen LogP contribution in [0.4, 0.5) is 16.2 Å². The highest BCUT2D eigenvalue weighted by Gasteiger charge is 2.32. The van der Waals surface area contributed by atoms with Crippen molar-refractivity contribution in [3.63, 3.8) is 0 Å². The number of rotatable bonds is 4. The van der Waals surface area contributed by atoms with Gasteiger partial charge in [-0.3, -0.25) is 4.79 Å². The van der Waals surface area contributed by atoms with E-state index in [0.717, 1.165) is 0 Å². The van der Waals surface area contributed by atoms with Gasteiger partial charge in [-0.15, -0.1) is 0 Å². The Labute approximate surface area is 177 Å². The van der Waals surface area contributed by atoms with Gasteiger partial charge in [0.25, 0.3) is 5.91 Å². The number of benzene rings is 1. The Balaban J connectivity index is 2.19. The predicted molar refractivity (Wildman–Crippen MR) is 114 cm³/mol. The van der Waals surface area contributed by atoms with E-state index in [4.69, 9.17) is 14.2 Å². The maximum atomic E-state index is 12.9. The molecule has 168 valence electrons. The van der Waals surface area contributed by atoms with Crippen molar-refractivity contribution in [2.45, 2.75) is 65.2 Å². The van der Waals surface area contributed by atoms with Crippen molar-refractivity contribution < 1.29 is 28.9 Å². The molecule has 1 aromatic carbocycles. The molecule has 2 N–H and O–H groups in total. The summed E-state index contributed by atoms with van der Waals surface area (Å²) in [6, 6.07) is 4.30. The van der Waals surface area contributed by atoms with E-state index in [0.29, 0.717) is 17.1 Å². The third-order valence-corrected chi connectivity index (χ3v) is 4.23. The van der Waals surface area contributed by atoms with Gasteiger partial charge in [-0.1, -0.05) is 0 Å². The summed E-state index contributed by atoms with van der Waals surface area (Å²) in [7, 11) is 3.29. The molecule has 0 saturated carbocycles. The van der Waals surface area contributed by atoms with E-state index >= 15 is 0 Å². The van der Waals surface area contributed by atoms with Gasteiger partial charge in [0, 0.05) is 19.8 Å². The van der Waals surface area contributed by atoms with Gasteiger partial charge in [0.1, 0.15) is 24.0 Å². The molecule has 9 heteroatoms. The van der Waals surface area contributed by atoms with E-state index in [1.165, 1.54) is 4.90 Å². The highest BCUT2D eigenvalue weighted by Crippen LogP contribution is 2.35. The van der Waals surface area contributed by atoms with E-state index in [9.17, 15) is 14.7 Å². The first-order valence-corrected chi connectivity index (χ1v) is 9.80. The third-order valence-electron chi connectivity index (χ3n) is 4.23. The summed E-state index contributed by atoms with van der Waals surface area (Å²) in [5.41, 5.74) is -0.0631. The summed E-state index contributed by atoms with van der Waals surface area (Å²) >= 11 is 0. The van der Waals surface area contributed by atoms with Gasteiger partial charge in [0.15, 0.2) is 0 Å². The average Bonchev–Trinajstić information content (AvgIpc) is 2.70. The number of nitrogens with zero attached hydrogens (tertiary/aromatic N) is 2. The van der Waals surface area contributed by atoms with Gasteiger partial charge in [0.2, 0.25) is 6.41 Å². The van der Waals surface area contributed by atoms with Crippen molar-refractivity contribution in [2.24, 2.45) is 0 Å². The van der Waals surface area contributed by atoms with Crippen molar-refractivity contribution in [3.05, 3.63) is 18.2 Å². The molecular formula is C21H33N3O6. The van der Waals surface area contributed by atoms with Crippen LogP contribution >= 0.6 is 0 Å². The molecule has 0 bridgehead atoms. The van der Waals surface area contributed by atoms with E-state index in [1.807, 2.05) is 20.8 Å². The Kier molecular flexibility index (Phi) is 6.88. The van der Waals surface area contributed by atoms with Crippen molar-refractivity contribution in [3.8, 4) is 5.75 Å². The molecule has 0 aromatic heterocycles. The summed E-state index contributed by atoms with van der Waals surface area (Å²) < 4.78 is 16.6. The molecule has 1 aliphatic rings. The van der Waals surface area contributed by atoms with Gasteiger partial charge < -0.3 is 34.4 Å². The number of carbonyl (C=O) groups is 2. The second-order valence-corrected chi connectivity index (χ2v) is 9.23. The number of carbonyl (C=O) groups excluding carboxylic acids is 2. The molecule has 1 aliphatic heterocycles. The van der Waals surface area contributed by atoms with Crippen LogP contribution in [0.3, 0.4) is 0 Å². The molecule has 0 aliphatic carbocycles. The first-order valence-electron chi connectivity index (χ1n) is 9.80. The number of amides is 2. The van der Waals surface area contributed by atoms with Gasteiger partial charge in [-0.25, -0.2) is 4.79 Å². The van der Waals surface area contributed by atoms with Crippen LogP contribution in [-0.4, -0.2) is 61.5 Å². The van der Waals surface area contributed by atoms with Crippen molar-refractivity contribution in [1.82, 2.24) is 5.32 Å². The molecule has 1 aromatic rings. The van der Waals surface area contributed by atoms with Gasteiger partial charge in [0.05, 0.1) is 11.3 Å². The van der Waals surface area contributed by atoms with Crippen LogP contribution < -0.4 is 19.9 Å². The van der Waals surface area contributed by atoms with Crippen LogP contribution in [0.2, 0.25) is 0 Å². The summed E-state index contributed by atoms with van der Waals surface area (Å²) in [4.78, 5) is 28.0. The summed E-state index contributed by atoms with van der Waals surface area (Å²) in [5, 5.41) is 12.9. The number of fused-ring (bicyclic) bond motifs is 1. The van der Waals surface area contributed by atoms with Crippen LogP contribution in [-0.2, 0) is 14.3 Å². The molecule has 30 heavy (non-hydrogen) atoms. The summed E-state index contributed by atoms with van der Waals surface area (Å²) in [6.07, 6.45) is -1.86. The Bertz CT molecular complexity index is 784. The zero-order valence-corrected chi connectivity index (χ0v) is 19.0. The number of anilines is 2.